The Balaban J connectivity index is 3.35. The number of nitriles is 1. The number of rotatable bonds is 1. The van der Waals surface area contributed by atoms with E-state index in [9.17, 15) is 5.11 Å². The summed E-state index contributed by atoms with van der Waals surface area (Å²) in [6.07, 6.45) is 0. The summed E-state index contributed by atoms with van der Waals surface area (Å²) >= 11 is 5.73. The molecule has 0 aliphatic carbocycles. The summed E-state index contributed by atoms with van der Waals surface area (Å²) in [6, 6.07) is 5.49. The highest BCUT2D eigenvalue weighted by molar-refractivity contribution is 6.32. The van der Waals surface area contributed by atoms with Gasteiger partial charge in [-0.1, -0.05) is 17.7 Å². The van der Waals surface area contributed by atoms with Gasteiger partial charge in [0.05, 0.1) is 17.0 Å². The molecule has 0 spiro atoms. The van der Waals surface area contributed by atoms with E-state index in [0.29, 0.717) is 10.6 Å². The highest BCUT2D eigenvalue weighted by Gasteiger charge is 2.14. The Morgan fingerprint density at radius 3 is 2.69 bits per heavy atom. The van der Waals surface area contributed by atoms with Gasteiger partial charge in [-0.3, -0.25) is 0 Å². The molecule has 0 fully saturated rings. The zero-order valence-corrected chi connectivity index (χ0v) is 8.26. The number of aryl methyl sites for hydroxylation is 1. The molecular formula is C10H10ClNO. The third-order valence-corrected chi connectivity index (χ3v) is 2.32. The van der Waals surface area contributed by atoms with Gasteiger partial charge in [-0.25, -0.2) is 0 Å². The van der Waals surface area contributed by atoms with E-state index in [1.807, 2.05) is 6.92 Å². The van der Waals surface area contributed by atoms with Crippen LogP contribution in [0.25, 0.3) is 0 Å². The summed E-state index contributed by atoms with van der Waals surface area (Å²) in [5.74, 6) is -0.311. The van der Waals surface area contributed by atoms with Crippen LogP contribution < -0.4 is 0 Å². The molecular weight excluding hydrogens is 186 g/mol. The second-order valence-electron chi connectivity index (χ2n) is 2.98. The molecule has 0 aliphatic rings. The molecule has 1 N–H and O–H groups in total. The van der Waals surface area contributed by atoms with Gasteiger partial charge in [0.25, 0.3) is 0 Å². The quantitative estimate of drug-likeness (QED) is 0.749. The maximum absolute atomic E-state index is 9.60. The fourth-order valence-electron chi connectivity index (χ4n) is 1.29. The first kappa shape index (κ1) is 9.88. The van der Waals surface area contributed by atoms with Crippen molar-refractivity contribution in [1.29, 1.82) is 5.26 Å². The average Bonchev–Trinajstić information content (AvgIpc) is 2.12. The van der Waals surface area contributed by atoms with Crippen molar-refractivity contribution < 1.29 is 5.11 Å². The standard InChI is InChI=1S/C10H10ClNO/c1-6-3-4-8(11)10(13)9(6)7(2)5-12/h3-4,7,13H,1-2H3. The second-order valence-corrected chi connectivity index (χ2v) is 3.38. The fourth-order valence-corrected chi connectivity index (χ4v) is 1.46. The summed E-state index contributed by atoms with van der Waals surface area (Å²) in [5.41, 5.74) is 1.51. The Morgan fingerprint density at radius 1 is 1.54 bits per heavy atom. The molecule has 13 heavy (non-hydrogen) atoms. The van der Waals surface area contributed by atoms with Crippen LogP contribution in [0.15, 0.2) is 12.1 Å². The van der Waals surface area contributed by atoms with Crippen LogP contribution in [0.4, 0.5) is 0 Å². The molecule has 0 amide bonds. The van der Waals surface area contributed by atoms with Gasteiger partial charge >= 0.3 is 0 Å². The molecule has 0 aliphatic heterocycles. The Kier molecular flexibility index (Phi) is 2.79. The van der Waals surface area contributed by atoms with Gasteiger partial charge < -0.3 is 5.11 Å². The maximum Gasteiger partial charge on any atom is 0.138 e. The predicted molar refractivity (Wildman–Crippen MR) is 51.9 cm³/mol. The molecule has 2 nitrogen and oxygen atoms in total. The van der Waals surface area contributed by atoms with Crippen LogP contribution >= 0.6 is 11.6 Å². The molecule has 0 saturated heterocycles. The van der Waals surface area contributed by atoms with Crippen LogP contribution in [0.1, 0.15) is 24.0 Å². The van der Waals surface area contributed by atoms with E-state index in [-0.39, 0.29) is 11.7 Å². The largest absolute Gasteiger partial charge is 0.506 e. The van der Waals surface area contributed by atoms with Gasteiger partial charge in [-0.2, -0.15) is 5.26 Å². The van der Waals surface area contributed by atoms with Crippen molar-refractivity contribution in [3.63, 3.8) is 0 Å². The Morgan fingerprint density at radius 2 is 2.15 bits per heavy atom. The minimum Gasteiger partial charge on any atom is -0.506 e. The van der Waals surface area contributed by atoms with Crippen molar-refractivity contribution in [2.75, 3.05) is 0 Å². The van der Waals surface area contributed by atoms with Crippen LogP contribution in [-0.4, -0.2) is 5.11 Å². The Labute approximate surface area is 82.4 Å². The van der Waals surface area contributed by atoms with Crippen molar-refractivity contribution in [2.24, 2.45) is 0 Å². The number of phenols is 1. The number of phenolic OH excluding ortho intramolecular Hbond substituents is 1. The van der Waals surface area contributed by atoms with Crippen molar-refractivity contribution in [2.45, 2.75) is 19.8 Å². The number of nitrogens with zero attached hydrogens (tertiary/aromatic N) is 1. The van der Waals surface area contributed by atoms with Gasteiger partial charge in [-0.05, 0) is 25.5 Å². The third-order valence-electron chi connectivity index (χ3n) is 2.01. The minimum absolute atomic E-state index is 0.0238. The molecule has 0 radical (unpaired) electrons. The summed E-state index contributed by atoms with van der Waals surface area (Å²) < 4.78 is 0. The number of halogens is 1. The van der Waals surface area contributed by atoms with Crippen LogP contribution in [0, 0.1) is 18.3 Å². The lowest BCUT2D eigenvalue weighted by Crippen LogP contribution is -1.94. The first-order chi connectivity index (χ1) is 6.07. The zero-order chi connectivity index (χ0) is 10.0. The molecule has 1 unspecified atom stereocenters. The number of hydrogen-bond acceptors (Lipinski definition) is 2. The van der Waals surface area contributed by atoms with Crippen molar-refractivity contribution >= 4 is 11.6 Å². The molecule has 1 aromatic rings. The van der Waals surface area contributed by atoms with Crippen LogP contribution in [0.3, 0.4) is 0 Å². The minimum atomic E-state index is -0.335. The van der Waals surface area contributed by atoms with E-state index in [4.69, 9.17) is 16.9 Å². The summed E-state index contributed by atoms with van der Waals surface area (Å²) in [6.45, 7) is 3.58. The van der Waals surface area contributed by atoms with E-state index >= 15 is 0 Å². The van der Waals surface area contributed by atoms with E-state index in [2.05, 4.69) is 6.07 Å². The second kappa shape index (κ2) is 3.68. The van der Waals surface area contributed by atoms with E-state index in [1.54, 1.807) is 19.1 Å². The lowest BCUT2D eigenvalue weighted by Gasteiger charge is -2.10. The van der Waals surface area contributed by atoms with E-state index < -0.39 is 0 Å². The summed E-state index contributed by atoms with van der Waals surface area (Å²) in [4.78, 5) is 0. The molecule has 1 rings (SSSR count). The first-order valence-electron chi connectivity index (χ1n) is 3.95. The summed E-state index contributed by atoms with van der Waals surface area (Å²) in [7, 11) is 0. The van der Waals surface area contributed by atoms with Gasteiger partial charge in [0, 0.05) is 5.56 Å². The van der Waals surface area contributed by atoms with Crippen molar-refractivity contribution in [3.8, 4) is 11.8 Å². The Hall–Kier alpha value is -1.20. The molecule has 0 bridgehead atoms. The van der Waals surface area contributed by atoms with Crippen molar-refractivity contribution in [1.82, 2.24) is 0 Å². The number of aromatic hydroxyl groups is 1. The summed E-state index contributed by atoms with van der Waals surface area (Å²) in [5, 5.41) is 18.6. The molecule has 1 aromatic carbocycles. The highest BCUT2D eigenvalue weighted by atomic mass is 35.5. The average molecular weight is 196 g/mol. The fraction of sp³-hybridized carbons (Fsp3) is 0.300. The lowest BCUT2D eigenvalue weighted by molar-refractivity contribution is 0.466. The topological polar surface area (TPSA) is 44.0 Å². The highest BCUT2D eigenvalue weighted by Crippen LogP contribution is 2.34. The van der Waals surface area contributed by atoms with Gasteiger partial charge in [0.2, 0.25) is 0 Å². The molecule has 68 valence electrons. The van der Waals surface area contributed by atoms with Gasteiger partial charge in [0.15, 0.2) is 0 Å². The van der Waals surface area contributed by atoms with E-state index in [0.717, 1.165) is 5.56 Å². The number of benzene rings is 1. The Bertz CT molecular complexity index is 368. The zero-order valence-electron chi connectivity index (χ0n) is 7.50. The van der Waals surface area contributed by atoms with E-state index in [1.165, 1.54) is 0 Å². The van der Waals surface area contributed by atoms with Gasteiger partial charge in [0.1, 0.15) is 5.75 Å². The van der Waals surface area contributed by atoms with Crippen LogP contribution in [-0.2, 0) is 0 Å². The molecule has 3 heteroatoms. The normalized spacial score (nSPS) is 12.2. The maximum atomic E-state index is 9.60. The molecule has 0 saturated carbocycles. The third kappa shape index (κ3) is 1.76. The number of hydrogen-bond donors (Lipinski definition) is 1. The first-order valence-corrected chi connectivity index (χ1v) is 4.33. The smallest absolute Gasteiger partial charge is 0.138 e. The molecule has 0 aromatic heterocycles. The van der Waals surface area contributed by atoms with Crippen LogP contribution in [0.2, 0.25) is 5.02 Å². The van der Waals surface area contributed by atoms with Crippen LogP contribution in [0.5, 0.6) is 5.75 Å². The molecule has 0 heterocycles. The van der Waals surface area contributed by atoms with Crippen molar-refractivity contribution in [3.05, 3.63) is 28.3 Å². The predicted octanol–water partition coefficient (Wildman–Crippen LogP) is 2.98. The lowest BCUT2D eigenvalue weighted by atomic mass is 9.97. The monoisotopic (exact) mass is 195 g/mol. The SMILES string of the molecule is Cc1ccc(Cl)c(O)c1C(C)C#N. The van der Waals surface area contributed by atoms with Gasteiger partial charge in [-0.15, -0.1) is 0 Å². The molecule has 1 atom stereocenters.